The molecular weight excluding hydrogens is 334 g/mol. The second-order valence-corrected chi connectivity index (χ2v) is 8.07. The maximum atomic E-state index is 12.1. The van der Waals surface area contributed by atoms with E-state index in [-0.39, 0.29) is 22.7 Å². The first-order valence-corrected chi connectivity index (χ1v) is 9.09. The Morgan fingerprint density at radius 2 is 1.92 bits per heavy atom. The van der Waals surface area contributed by atoms with E-state index in [1.165, 1.54) is 0 Å². The average molecular weight is 363 g/mol. The first-order valence-electron chi connectivity index (χ1n) is 9.09. The molecule has 1 aliphatic rings. The Morgan fingerprint density at radius 1 is 1.31 bits per heavy atom. The van der Waals surface area contributed by atoms with Gasteiger partial charge in [0, 0.05) is 25.2 Å². The maximum Gasteiger partial charge on any atom is 0.410 e. The van der Waals surface area contributed by atoms with Gasteiger partial charge in [0.25, 0.3) is 5.69 Å². The van der Waals surface area contributed by atoms with Crippen LogP contribution in [0.2, 0.25) is 0 Å². The first-order chi connectivity index (χ1) is 12.1. The van der Waals surface area contributed by atoms with Crippen LogP contribution in [-0.4, -0.2) is 40.6 Å². The standard InChI is InChI=1S/C19H29N3O4/c1-13(2)14-6-7-17(22(24)25)16(12-14)20-15-8-10-21(11-9-15)18(23)26-19(3,4)5/h6-7,12-13,15,20H,8-11H2,1-5H3. The molecule has 0 aromatic heterocycles. The summed E-state index contributed by atoms with van der Waals surface area (Å²) in [6.07, 6.45) is 1.15. The number of nitrogens with one attached hydrogen (secondary N) is 1. The Balaban J connectivity index is 2.02. The van der Waals surface area contributed by atoms with Crippen molar-refractivity contribution < 1.29 is 14.5 Å². The lowest BCUT2D eigenvalue weighted by molar-refractivity contribution is -0.384. The molecule has 144 valence electrons. The normalized spacial score (nSPS) is 15.8. The average Bonchev–Trinajstić information content (AvgIpc) is 2.53. The summed E-state index contributed by atoms with van der Waals surface area (Å²) >= 11 is 0. The fraction of sp³-hybridized carbons (Fsp3) is 0.632. The van der Waals surface area contributed by atoms with E-state index in [2.05, 4.69) is 19.2 Å². The van der Waals surface area contributed by atoms with Crippen LogP contribution < -0.4 is 5.32 Å². The Kier molecular flexibility index (Phi) is 6.10. The number of nitro benzene ring substituents is 1. The van der Waals surface area contributed by atoms with Gasteiger partial charge in [0.2, 0.25) is 0 Å². The fourth-order valence-electron chi connectivity index (χ4n) is 2.94. The molecule has 1 aliphatic heterocycles. The van der Waals surface area contributed by atoms with Crippen molar-refractivity contribution in [2.24, 2.45) is 0 Å². The van der Waals surface area contributed by atoms with E-state index < -0.39 is 5.60 Å². The quantitative estimate of drug-likeness (QED) is 0.627. The number of anilines is 1. The molecule has 1 fully saturated rings. The molecule has 0 radical (unpaired) electrons. The van der Waals surface area contributed by atoms with Gasteiger partial charge in [0.15, 0.2) is 0 Å². The van der Waals surface area contributed by atoms with E-state index in [9.17, 15) is 14.9 Å². The number of nitro groups is 1. The summed E-state index contributed by atoms with van der Waals surface area (Å²) in [5.74, 6) is 0.297. The summed E-state index contributed by atoms with van der Waals surface area (Å²) in [6.45, 7) is 10.8. The Labute approximate surface area is 154 Å². The third kappa shape index (κ3) is 5.34. The number of amides is 1. The lowest BCUT2D eigenvalue weighted by Crippen LogP contribution is -2.44. The van der Waals surface area contributed by atoms with Gasteiger partial charge in [-0.1, -0.05) is 19.9 Å². The zero-order valence-electron chi connectivity index (χ0n) is 16.2. The van der Waals surface area contributed by atoms with E-state index in [0.717, 1.165) is 18.4 Å². The van der Waals surface area contributed by atoms with Crippen molar-refractivity contribution >= 4 is 17.5 Å². The molecule has 2 rings (SSSR count). The summed E-state index contributed by atoms with van der Waals surface area (Å²) in [5, 5.41) is 14.6. The van der Waals surface area contributed by atoms with Crippen molar-refractivity contribution in [3.05, 3.63) is 33.9 Å². The molecule has 7 heteroatoms. The van der Waals surface area contributed by atoms with Crippen LogP contribution in [0.15, 0.2) is 18.2 Å². The van der Waals surface area contributed by atoms with Crippen LogP contribution in [0.5, 0.6) is 0 Å². The Bertz CT molecular complexity index is 659. The molecule has 0 aliphatic carbocycles. The van der Waals surface area contributed by atoms with Gasteiger partial charge >= 0.3 is 6.09 Å². The van der Waals surface area contributed by atoms with E-state index in [0.29, 0.717) is 24.7 Å². The number of nitrogens with zero attached hydrogens (tertiary/aromatic N) is 2. The topological polar surface area (TPSA) is 84.7 Å². The number of benzene rings is 1. The number of piperidine rings is 1. The van der Waals surface area contributed by atoms with Crippen LogP contribution in [0, 0.1) is 10.1 Å². The third-order valence-electron chi connectivity index (χ3n) is 4.39. The fourth-order valence-corrected chi connectivity index (χ4v) is 2.94. The first kappa shape index (κ1) is 20.0. The molecule has 0 spiro atoms. The molecule has 7 nitrogen and oxygen atoms in total. The van der Waals surface area contributed by atoms with Crippen molar-refractivity contribution in [3.8, 4) is 0 Å². The highest BCUT2D eigenvalue weighted by atomic mass is 16.6. The molecule has 0 bridgehead atoms. The molecule has 26 heavy (non-hydrogen) atoms. The molecule has 1 aromatic carbocycles. The molecule has 1 heterocycles. The SMILES string of the molecule is CC(C)c1ccc([N+](=O)[O-])c(NC2CCN(C(=O)OC(C)(C)C)CC2)c1. The lowest BCUT2D eigenvalue weighted by atomic mass is 10.0. The van der Waals surface area contributed by atoms with Gasteiger partial charge in [-0.2, -0.15) is 0 Å². The third-order valence-corrected chi connectivity index (χ3v) is 4.39. The molecule has 1 amide bonds. The largest absolute Gasteiger partial charge is 0.444 e. The minimum Gasteiger partial charge on any atom is -0.444 e. The highest BCUT2D eigenvalue weighted by Gasteiger charge is 2.28. The van der Waals surface area contributed by atoms with Gasteiger partial charge in [-0.3, -0.25) is 10.1 Å². The zero-order chi connectivity index (χ0) is 19.5. The molecule has 1 N–H and O–H groups in total. The van der Waals surface area contributed by atoms with Gasteiger partial charge in [-0.25, -0.2) is 4.79 Å². The smallest absolute Gasteiger partial charge is 0.410 e. The van der Waals surface area contributed by atoms with Gasteiger partial charge in [0.1, 0.15) is 11.3 Å². The van der Waals surface area contributed by atoms with Gasteiger partial charge in [-0.05, 0) is 51.2 Å². The van der Waals surface area contributed by atoms with Crippen molar-refractivity contribution in [3.63, 3.8) is 0 Å². The van der Waals surface area contributed by atoms with Gasteiger partial charge in [0.05, 0.1) is 4.92 Å². The minimum atomic E-state index is -0.510. The van der Waals surface area contributed by atoms with Gasteiger partial charge in [-0.15, -0.1) is 0 Å². The van der Waals surface area contributed by atoms with E-state index >= 15 is 0 Å². The molecule has 0 atom stereocenters. The van der Waals surface area contributed by atoms with Crippen molar-refractivity contribution in [2.45, 2.75) is 65.0 Å². The van der Waals surface area contributed by atoms with Crippen LogP contribution >= 0.6 is 0 Å². The summed E-state index contributed by atoms with van der Waals surface area (Å²) < 4.78 is 5.40. The van der Waals surface area contributed by atoms with Crippen LogP contribution in [-0.2, 0) is 4.74 Å². The summed E-state index contributed by atoms with van der Waals surface area (Å²) in [4.78, 5) is 24.8. The molecule has 1 saturated heterocycles. The summed E-state index contributed by atoms with van der Waals surface area (Å²) in [5.41, 5.74) is 1.19. The molecule has 0 unspecified atom stereocenters. The van der Waals surface area contributed by atoms with Crippen LogP contribution in [0.1, 0.15) is 58.9 Å². The molecule has 1 aromatic rings. The van der Waals surface area contributed by atoms with E-state index in [1.54, 1.807) is 17.0 Å². The second-order valence-electron chi connectivity index (χ2n) is 8.07. The highest BCUT2D eigenvalue weighted by Crippen LogP contribution is 2.30. The van der Waals surface area contributed by atoms with Crippen molar-refractivity contribution in [1.29, 1.82) is 0 Å². The van der Waals surface area contributed by atoms with Crippen molar-refractivity contribution in [2.75, 3.05) is 18.4 Å². The Hall–Kier alpha value is -2.31. The predicted molar refractivity (Wildman–Crippen MR) is 102 cm³/mol. The lowest BCUT2D eigenvalue weighted by Gasteiger charge is -2.34. The molecule has 0 saturated carbocycles. The van der Waals surface area contributed by atoms with E-state index in [4.69, 9.17) is 4.74 Å². The number of carbonyl (C=O) groups excluding carboxylic acids is 1. The number of carbonyl (C=O) groups is 1. The van der Waals surface area contributed by atoms with Crippen LogP contribution in [0.3, 0.4) is 0 Å². The monoisotopic (exact) mass is 363 g/mol. The maximum absolute atomic E-state index is 12.1. The number of ether oxygens (including phenoxy) is 1. The molecular formula is C19H29N3O4. The number of likely N-dealkylation sites (tertiary alicyclic amines) is 1. The van der Waals surface area contributed by atoms with Gasteiger partial charge < -0.3 is 15.0 Å². The zero-order valence-corrected chi connectivity index (χ0v) is 16.2. The second kappa shape index (κ2) is 7.93. The Morgan fingerprint density at radius 3 is 2.42 bits per heavy atom. The summed E-state index contributed by atoms with van der Waals surface area (Å²) in [7, 11) is 0. The van der Waals surface area contributed by atoms with E-state index in [1.807, 2.05) is 26.8 Å². The van der Waals surface area contributed by atoms with Crippen LogP contribution in [0.4, 0.5) is 16.2 Å². The minimum absolute atomic E-state index is 0.0870. The number of hydrogen-bond acceptors (Lipinski definition) is 5. The highest BCUT2D eigenvalue weighted by molar-refractivity contribution is 5.68. The summed E-state index contributed by atoms with van der Waals surface area (Å²) in [6, 6.07) is 5.32. The predicted octanol–water partition coefficient (Wildman–Crippen LogP) is 4.53. The van der Waals surface area contributed by atoms with Crippen molar-refractivity contribution in [1.82, 2.24) is 4.90 Å². The van der Waals surface area contributed by atoms with Crippen LogP contribution in [0.25, 0.3) is 0 Å². The number of rotatable bonds is 4. The number of hydrogen-bond donors (Lipinski definition) is 1.